The van der Waals surface area contributed by atoms with Gasteiger partial charge < -0.3 is 14.5 Å². The van der Waals surface area contributed by atoms with Crippen molar-refractivity contribution in [2.45, 2.75) is 26.2 Å². The summed E-state index contributed by atoms with van der Waals surface area (Å²) in [7, 11) is 0. The Hall–Kier alpha value is -2.75. The quantitative estimate of drug-likeness (QED) is 0.489. The lowest BCUT2D eigenvalue weighted by atomic mass is 10.1. The molecule has 0 radical (unpaired) electrons. The molecule has 0 aliphatic rings. The van der Waals surface area contributed by atoms with Crippen molar-refractivity contribution in [2.75, 3.05) is 13.2 Å². The van der Waals surface area contributed by atoms with E-state index >= 15 is 0 Å². The van der Waals surface area contributed by atoms with Gasteiger partial charge in [0.25, 0.3) is 0 Å². The first kappa shape index (κ1) is 17.1. The lowest BCUT2D eigenvalue weighted by molar-refractivity contribution is -0.144. The molecule has 0 bridgehead atoms. The second kappa shape index (κ2) is 8.38. The molecule has 0 atom stereocenters. The fourth-order valence-corrected chi connectivity index (χ4v) is 2.86. The Labute approximate surface area is 147 Å². The molecule has 1 N–H and O–H groups in total. The SMILES string of the molecule is Cc1ccccc1OCCOC(=O)CCCc1c[nH]c2ccccc12. The van der Waals surface area contributed by atoms with Crippen LogP contribution in [0.4, 0.5) is 0 Å². The van der Waals surface area contributed by atoms with Crippen LogP contribution in [-0.2, 0) is 16.0 Å². The van der Waals surface area contributed by atoms with E-state index in [1.807, 2.05) is 49.5 Å². The van der Waals surface area contributed by atoms with Crippen LogP contribution in [0, 0.1) is 6.92 Å². The number of aryl methyl sites for hydroxylation is 2. The van der Waals surface area contributed by atoms with Crippen LogP contribution in [0.1, 0.15) is 24.0 Å². The van der Waals surface area contributed by atoms with Crippen molar-refractivity contribution < 1.29 is 14.3 Å². The molecule has 1 heterocycles. The number of aromatic amines is 1. The number of benzene rings is 2. The van der Waals surface area contributed by atoms with Crippen LogP contribution < -0.4 is 4.74 Å². The monoisotopic (exact) mass is 337 g/mol. The van der Waals surface area contributed by atoms with E-state index < -0.39 is 0 Å². The maximum absolute atomic E-state index is 11.8. The molecule has 4 nitrogen and oxygen atoms in total. The van der Waals surface area contributed by atoms with Crippen molar-refractivity contribution in [3.63, 3.8) is 0 Å². The van der Waals surface area contributed by atoms with E-state index in [-0.39, 0.29) is 12.6 Å². The molecular weight excluding hydrogens is 314 g/mol. The summed E-state index contributed by atoms with van der Waals surface area (Å²) < 4.78 is 10.9. The second-order valence-electron chi connectivity index (χ2n) is 6.05. The van der Waals surface area contributed by atoms with Gasteiger partial charge in [0.2, 0.25) is 0 Å². The van der Waals surface area contributed by atoms with E-state index in [4.69, 9.17) is 9.47 Å². The number of hydrogen-bond acceptors (Lipinski definition) is 3. The van der Waals surface area contributed by atoms with Gasteiger partial charge in [-0.2, -0.15) is 0 Å². The summed E-state index contributed by atoms with van der Waals surface area (Å²) in [6.07, 6.45) is 4.08. The van der Waals surface area contributed by atoms with E-state index in [1.54, 1.807) is 0 Å². The molecule has 1 aromatic heterocycles. The van der Waals surface area contributed by atoms with Crippen LogP contribution in [0.25, 0.3) is 10.9 Å². The fourth-order valence-electron chi connectivity index (χ4n) is 2.86. The molecule has 25 heavy (non-hydrogen) atoms. The lowest BCUT2D eigenvalue weighted by Gasteiger charge is -2.09. The minimum atomic E-state index is -0.173. The molecule has 3 aromatic rings. The highest BCUT2D eigenvalue weighted by Crippen LogP contribution is 2.19. The molecule has 0 saturated heterocycles. The number of esters is 1. The van der Waals surface area contributed by atoms with Gasteiger partial charge in [-0.1, -0.05) is 36.4 Å². The van der Waals surface area contributed by atoms with Gasteiger partial charge in [-0.15, -0.1) is 0 Å². The largest absolute Gasteiger partial charge is 0.490 e. The highest BCUT2D eigenvalue weighted by molar-refractivity contribution is 5.83. The summed E-state index contributed by atoms with van der Waals surface area (Å²) in [5.41, 5.74) is 3.45. The van der Waals surface area contributed by atoms with Crippen LogP contribution in [0.2, 0.25) is 0 Å². The summed E-state index contributed by atoms with van der Waals surface area (Å²) in [6, 6.07) is 16.0. The molecular formula is C21H23NO3. The van der Waals surface area contributed by atoms with Gasteiger partial charge in [-0.05, 0) is 43.0 Å². The molecule has 0 unspecified atom stereocenters. The molecule has 130 valence electrons. The number of nitrogens with one attached hydrogen (secondary N) is 1. The highest BCUT2D eigenvalue weighted by atomic mass is 16.6. The summed E-state index contributed by atoms with van der Waals surface area (Å²) in [5.74, 6) is 0.658. The van der Waals surface area contributed by atoms with Crippen LogP contribution >= 0.6 is 0 Å². The zero-order valence-electron chi connectivity index (χ0n) is 14.5. The van der Waals surface area contributed by atoms with Crippen LogP contribution in [0.3, 0.4) is 0 Å². The summed E-state index contributed by atoms with van der Waals surface area (Å²) in [6.45, 7) is 2.64. The number of ether oxygens (including phenoxy) is 2. The van der Waals surface area contributed by atoms with Crippen molar-refractivity contribution in [3.8, 4) is 5.75 Å². The van der Waals surface area contributed by atoms with Crippen molar-refractivity contribution >= 4 is 16.9 Å². The molecule has 0 aliphatic heterocycles. The second-order valence-corrected chi connectivity index (χ2v) is 6.05. The van der Waals surface area contributed by atoms with E-state index in [0.717, 1.165) is 29.7 Å². The molecule has 3 rings (SSSR count). The first-order valence-corrected chi connectivity index (χ1v) is 8.63. The number of hydrogen-bond donors (Lipinski definition) is 1. The van der Waals surface area contributed by atoms with Crippen molar-refractivity contribution in [1.82, 2.24) is 4.98 Å². The van der Waals surface area contributed by atoms with Gasteiger partial charge in [0, 0.05) is 23.5 Å². The standard InChI is InChI=1S/C21H23NO3/c1-16-7-2-5-11-20(16)24-13-14-25-21(23)12-6-8-17-15-22-19-10-4-3-9-18(17)19/h2-5,7,9-11,15,22H,6,8,12-14H2,1H3. The highest BCUT2D eigenvalue weighted by Gasteiger charge is 2.06. The van der Waals surface area contributed by atoms with Gasteiger partial charge in [0.05, 0.1) is 0 Å². The molecule has 2 aromatic carbocycles. The smallest absolute Gasteiger partial charge is 0.305 e. The number of fused-ring (bicyclic) bond motifs is 1. The van der Waals surface area contributed by atoms with Crippen molar-refractivity contribution in [3.05, 3.63) is 65.9 Å². The van der Waals surface area contributed by atoms with Gasteiger partial charge in [-0.25, -0.2) is 0 Å². The number of para-hydroxylation sites is 2. The van der Waals surface area contributed by atoms with Crippen molar-refractivity contribution in [1.29, 1.82) is 0 Å². The predicted octanol–water partition coefficient (Wildman–Crippen LogP) is 4.42. The molecule has 0 spiro atoms. The molecule has 4 heteroatoms. The van der Waals surface area contributed by atoms with Gasteiger partial charge >= 0.3 is 5.97 Å². The molecule has 0 aliphatic carbocycles. The van der Waals surface area contributed by atoms with Crippen LogP contribution in [-0.4, -0.2) is 24.2 Å². The minimum absolute atomic E-state index is 0.173. The maximum Gasteiger partial charge on any atom is 0.305 e. The Morgan fingerprint density at radius 3 is 2.72 bits per heavy atom. The molecule has 0 amide bonds. The molecule has 0 saturated carbocycles. The van der Waals surface area contributed by atoms with Gasteiger partial charge in [0.1, 0.15) is 19.0 Å². The minimum Gasteiger partial charge on any atom is -0.490 e. The first-order chi connectivity index (χ1) is 12.2. The Kier molecular flexibility index (Phi) is 5.73. The topological polar surface area (TPSA) is 51.3 Å². The lowest BCUT2D eigenvalue weighted by Crippen LogP contribution is -2.12. The first-order valence-electron chi connectivity index (χ1n) is 8.63. The number of aromatic nitrogens is 1. The molecule has 0 fully saturated rings. The van der Waals surface area contributed by atoms with E-state index in [2.05, 4.69) is 17.1 Å². The number of H-pyrrole nitrogens is 1. The average molecular weight is 337 g/mol. The third-order valence-corrected chi connectivity index (χ3v) is 4.20. The average Bonchev–Trinajstić information content (AvgIpc) is 3.03. The summed E-state index contributed by atoms with van der Waals surface area (Å²) in [5, 5.41) is 1.22. The number of carbonyl (C=O) groups is 1. The van der Waals surface area contributed by atoms with E-state index in [1.165, 1.54) is 10.9 Å². The maximum atomic E-state index is 11.8. The Bertz CT molecular complexity index is 838. The van der Waals surface area contributed by atoms with Gasteiger partial charge in [0.15, 0.2) is 0 Å². The summed E-state index contributed by atoms with van der Waals surface area (Å²) >= 11 is 0. The Balaban J connectivity index is 1.35. The Morgan fingerprint density at radius 2 is 1.84 bits per heavy atom. The van der Waals surface area contributed by atoms with Crippen molar-refractivity contribution in [2.24, 2.45) is 0 Å². The Morgan fingerprint density at radius 1 is 1.04 bits per heavy atom. The third-order valence-electron chi connectivity index (χ3n) is 4.20. The van der Waals surface area contributed by atoms with Crippen LogP contribution in [0.5, 0.6) is 5.75 Å². The van der Waals surface area contributed by atoms with E-state index in [0.29, 0.717) is 13.0 Å². The number of carbonyl (C=O) groups excluding carboxylic acids is 1. The number of rotatable bonds is 8. The predicted molar refractivity (Wildman–Crippen MR) is 98.9 cm³/mol. The zero-order valence-corrected chi connectivity index (χ0v) is 14.5. The summed E-state index contributed by atoms with van der Waals surface area (Å²) in [4.78, 5) is 15.1. The third kappa shape index (κ3) is 4.63. The fraction of sp³-hybridized carbons (Fsp3) is 0.286. The normalized spacial score (nSPS) is 10.8. The van der Waals surface area contributed by atoms with Crippen LogP contribution in [0.15, 0.2) is 54.7 Å². The van der Waals surface area contributed by atoms with E-state index in [9.17, 15) is 4.79 Å². The zero-order chi connectivity index (χ0) is 17.5. The van der Waals surface area contributed by atoms with Gasteiger partial charge in [-0.3, -0.25) is 4.79 Å².